The molecule has 2 aromatic carbocycles. The summed E-state index contributed by atoms with van der Waals surface area (Å²) >= 11 is 0. The Labute approximate surface area is 216 Å². The van der Waals surface area contributed by atoms with E-state index in [0.717, 1.165) is 0 Å². The average molecular weight is 519 g/mol. The van der Waals surface area contributed by atoms with Crippen LogP contribution in [0, 0.1) is 17.1 Å². The number of rotatable bonds is 9. The van der Waals surface area contributed by atoms with Crippen LogP contribution < -0.4 is 20.1 Å². The fraction of sp³-hybridized carbons (Fsp3) is 0.192. The summed E-state index contributed by atoms with van der Waals surface area (Å²) in [5.74, 6) is -2.00. The number of nitrogens with one attached hydrogen (secondary N) is 2. The van der Waals surface area contributed by atoms with E-state index in [1.165, 1.54) is 31.6 Å². The Morgan fingerprint density at radius 3 is 2.68 bits per heavy atom. The molecular formula is C26H23FN6O5. The molecule has 0 bridgehead atoms. The fourth-order valence-corrected chi connectivity index (χ4v) is 3.96. The normalized spacial score (nSPS) is 10.6. The van der Waals surface area contributed by atoms with Crippen molar-refractivity contribution in [3.63, 3.8) is 0 Å². The van der Waals surface area contributed by atoms with Crippen LogP contribution in [0.3, 0.4) is 0 Å². The van der Waals surface area contributed by atoms with Gasteiger partial charge in [-0.3, -0.25) is 4.79 Å². The number of hydrogen-bond acceptors (Lipinski definition) is 8. The average Bonchev–Trinajstić information content (AvgIpc) is 3.29. The lowest BCUT2D eigenvalue weighted by Crippen LogP contribution is -2.22. The standard InChI is InChI=1S/C26H23FN6O5/c1-3-38-22-10-15(4-6-19(22)32-25(34)26(35)36)20-12-23(31-14-30-20)29-8-9-33-16(13-28)11-17-21(37-2)7-5-18(27)24(17)33/h4-7,10-12,14H,3,8-9H2,1-2H3,(H,32,34)(H,35,36)(H,29,30,31). The lowest BCUT2D eigenvalue weighted by Gasteiger charge is -2.13. The second-order valence-corrected chi connectivity index (χ2v) is 7.92. The van der Waals surface area contributed by atoms with E-state index in [1.807, 2.05) is 0 Å². The van der Waals surface area contributed by atoms with Crippen molar-refractivity contribution < 1.29 is 28.6 Å². The molecule has 2 aromatic heterocycles. The Bertz CT molecular complexity index is 1560. The number of ether oxygens (including phenoxy) is 2. The van der Waals surface area contributed by atoms with Gasteiger partial charge in [0.1, 0.15) is 41.2 Å². The second-order valence-electron chi connectivity index (χ2n) is 7.92. The van der Waals surface area contributed by atoms with Crippen LogP contribution in [0.15, 0.2) is 48.8 Å². The quantitative estimate of drug-likeness (QED) is 0.282. The SMILES string of the molecule is CCOc1cc(-c2cc(NCCn3c(C#N)cc4c(OC)ccc(F)c43)ncn2)ccc1NC(=O)C(=O)O. The Kier molecular flexibility index (Phi) is 7.67. The number of halogens is 1. The van der Waals surface area contributed by atoms with Gasteiger partial charge in [-0.2, -0.15) is 5.26 Å². The van der Waals surface area contributed by atoms with Gasteiger partial charge in [0.25, 0.3) is 0 Å². The third kappa shape index (κ3) is 5.31. The summed E-state index contributed by atoms with van der Waals surface area (Å²) in [5, 5.41) is 24.4. The molecule has 0 aliphatic rings. The molecule has 4 rings (SSSR count). The first-order chi connectivity index (χ1) is 18.4. The summed E-state index contributed by atoms with van der Waals surface area (Å²) in [6, 6.07) is 13.0. The Hall–Kier alpha value is -5.18. The first-order valence-electron chi connectivity index (χ1n) is 11.5. The number of carboxylic acid groups (broad SMARTS) is 1. The number of anilines is 2. The van der Waals surface area contributed by atoms with Crippen LogP contribution in [0.4, 0.5) is 15.9 Å². The van der Waals surface area contributed by atoms with E-state index >= 15 is 0 Å². The maximum absolute atomic E-state index is 14.6. The summed E-state index contributed by atoms with van der Waals surface area (Å²) < 4.78 is 27.1. The van der Waals surface area contributed by atoms with Gasteiger partial charge in [-0.1, -0.05) is 6.07 Å². The van der Waals surface area contributed by atoms with E-state index in [9.17, 15) is 19.2 Å². The molecule has 2 heterocycles. The van der Waals surface area contributed by atoms with Crippen LogP contribution in [0.2, 0.25) is 0 Å². The molecule has 0 fully saturated rings. The minimum atomic E-state index is -1.61. The van der Waals surface area contributed by atoms with E-state index < -0.39 is 17.7 Å². The van der Waals surface area contributed by atoms with Gasteiger partial charge >= 0.3 is 11.9 Å². The summed E-state index contributed by atoms with van der Waals surface area (Å²) in [6.45, 7) is 2.66. The minimum Gasteiger partial charge on any atom is -0.496 e. The van der Waals surface area contributed by atoms with Crippen molar-refractivity contribution >= 4 is 34.3 Å². The van der Waals surface area contributed by atoms with Crippen LogP contribution >= 0.6 is 0 Å². The number of hydrogen-bond donors (Lipinski definition) is 3. The molecule has 1 amide bonds. The predicted molar refractivity (Wildman–Crippen MR) is 137 cm³/mol. The monoisotopic (exact) mass is 518 g/mol. The van der Waals surface area contributed by atoms with Crippen molar-refractivity contribution in [3.05, 3.63) is 60.3 Å². The maximum Gasteiger partial charge on any atom is 0.394 e. The van der Waals surface area contributed by atoms with Crippen molar-refractivity contribution in [2.24, 2.45) is 0 Å². The first-order valence-corrected chi connectivity index (χ1v) is 11.5. The third-order valence-corrected chi connectivity index (χ3v) is 5.63. The van der Waals surface area contributed by atoms with Gasteiger partial charge in [0.15, 0.2) is 0 Å². The number of nitriles is 1. The zero-order valence-corrected chi connectivity index (χ0v) is 20.5. The molecule has 0 unspecified atom stereocenters. The molecule has 0 saturated heterocycles. The van der Waals surface area contributed by atoms with Crippen molar-refractivity contribution in [2.45, 2.75) is 13.5 Å². The number of amides is 1. The Balaban J connectivity index is 1.54. The highest BCUT2D eigenvalue weighted by Gasteiger charge is 2.17. The van der Waals surface area contributed by atoms with Gasteiger partial charge in [0.2, 0.25) is 0 Å². The maximum atomic E-state index is 14.6. The van der Waals surface area contributed by atoms with E-state index in [2.05, 4.69) is 26.7 Å². The first kappa shape index (κ1) is 25.9. The molecule has 3 N–H and O–H groups in total. The van der Waals surface area contributed by atoms with E-state index in [-0.39, 0.29) is 23.5 Å². The predicted octanol–water partition coefficient (Wildman–Crippen LogP) is 3.65. The zero-order valence-electron chi connectivity index (χ0n) is 20.5. The van der Waals surface area contributed by atoms with Crippen LogP contribution in [-0.4, -0.2) is 51.8 Å². The van der Waals surface area contributed by atoms with Crippen molar-refractivity contribution in [1.29, 1.82) is 5.26 Å². The van der Waals surface area contributed by atoms with E-state index in [1.54, 1.807) is 35.8 Å². The fourth-order valence-electron chi connectivity index (χ4n) is 3.96. The molecule has 12 heteroatoms. The number of carbonyl (C=O) groups excluding carboxylic acids is 1. The molecule has 0 radical (unpaired) electrons. The molecule has 0 aliphatic carbocycles. The number of aromatic nitrogens is 3. The molecule has 38 heavy (non-hydrogen) atoms. The number of nitrogens with zero attached hydrogens (tertiary/aromatic N) is 4. The minimum absolute atomic E-state index is 0.214. The zero-order chi connectivity index (χ0) is 27.2. The van der Waals surface area contributed by atoms with Gasteiger partial charge in [-0.05, 0) is 37.3 Å². The molecule has 0 saturated carbocycles. The van der Waals surface area contributed by atoms with Gasteiger partial charge in [-0.25, -0.2) is 19.2 Å². The Morgan fingerprint density at radius 2 is 1.97 bits per heavy atom. The summed E-state index contributed by atoms with van der Waals surface area (Å²) in [6.07, 6.45) is 1.37. The number of carboxylic acids is 1. The molecule has 0 aliphatic heterocycles. The van der Waals surface area contributed by atoms with E-state index in [4.69, 9.17) is 14.6 Å². The van der Waals surface area contributed by atoms with Gasteiger partial charge < -0.3 is 29.8 Å². The Morgan fingerprint density at radius 1 is 1.16 bits per heavy atom. The summed E-state index contributed by atoms with van der Waals surface area (Å²) in [4.78, 5) is 31.0. The van der Waals surface area contributed by atoms with Gasteiger partial charge in [-0.15, -0.1) is 0 Å². The highest BCUT2D eigenvalue weighted by Crippen LogP contribution is 2.32. The van der Waals surface area contributed by atoms with Crippen molar-refractivity contribution in [2.75, 3.05) is 30.9 Å². The molecule has 11 nitrogen and oxygen atoms in total. The van der Waals surface area contributed by atoms with Gasteiger partial charge in [0, 0.05) is 30.1 Å². The number of benzene rings is 2. The molecule has 4 aromatic rings. The van der Waals surface area contributed by atoms with Crippen LogP contribution in [0.5, 0.6) is 11.5 Å². The molecule has 0 spiro atoms. The van der Waals surface area contributed by atoms with Crippen LogP contribution in [0.25, 0.3) is 22.2 Å². The number of carbonyl (C=O) groups is 2. The van der Waals surface area contributed by atoms with Crippen molar-refractivity contribution in [1.82, 2.24) is 14.5 Å². The molecule has 194 valence electrons. The molecule has 0 atom stereocenters. The number of fused-ring (bicyclic) bond motifs is 1. The second kappa shape index (κ2) is 11.3. The topological polar surface area (TPSA) is 151 Å². The van der Waals surface area contributed by atoms with Crippen LogP contribution in [0.1, 0.15) is 12.6 Å². The smallest absolute Gasteiger partial charge is 0.394 e. The largest absolute Gasteiger partial charge is 0.496 e. The summed E-state index contributed by atoms with van der Waals surface area (Å²) in [5.41, 5.74) is 1.98. The number of aliphatic carboxylic acids is 1. The lowest BCUT2D eigenvalue weighted by atomic mass is 10.1. The van der Waals surface area contributed by atoms with Gasteiger partial charge in [0.05, 0.1) is 30.6 Å². The number of methoxy groups -OCH3 is 1. The van der Waals surface area contributed by atoms with E-state index in [0.29, 0.717) is 47.1 Å². The lowest BCUT2D eigenvalue weighted by molar-refractivity contribution is -0.147. The van der Waals surface area contributed by atoms with Crippen molar-refractivity contribution in [3.8, 4) is 28.8 Å². The third-order valence-electron chi connectivity index (χ3n) is 5.63. The summed E-state index contributed by atoms with van der Waals surface area (Å²) in [7, 11) is 1.49. The highest BCUT2D eigenvalue weighted by atomic mass is 19.1. The van der Waals surface area contributed by atoms with Crippen LogP contribution in [-0.2, 0) is 16.1 Å². The molecular weight excluding hydrogens is 495 g/mol. The highest BCUT2D eigenvalue weighted by molar-refractivity contribution is 6.36.